The molecular formula is C9H13N5O. The van der Waals surface area contributed by atoms with Gasteiger partial charge in [0.25, 0.3) is 0 Å². The van der Waals surface area contributed by atoms with Crippen molar-refractivity contribution in [1.82, 2.24) is 15.1 Å². The summed E-state index contributed by atoms with van der Waals surface area (Å²) in [5.74, 6) is -0.248. The molecule has 0 radical (unpaired) electrons. The molecule has 0 bridgehead atoms. The molecule has 15 heavy (non-hydrogen) atoms. The molecule has 1 rings (SSSR count). The smallest absolute Gasteiger partial charge is 0.242 e. The average Bonchev–Trinajstić information content (AvgIpc) is 2.43. The summed E-state index contributed by atoms with van der Waals surface area (Å²) in [4.78, 5) is 11.3. The van der Waals surface area contributed by atoms with Gasteiger partial charge in [-0.1, -0.05) is 0 Å². The molecule has 0 fully saturated rings. The van der Waals surface area contributed by atoms with E-state index >= 15 is 0 Å². The van der Waals surface area contributed by atoms with Crippen LogP contribution in [0.1, 0.15) is 11.4 Å². The number of nitrogens with zero attached hydrogens (tertiary/aromatic N) is 3. The summed E-state index contributed by atoms with van der Waals surface area (Å²) in [6, 6.07) is 1.83. The van der Waals surface area contributed by atoms with Crippen molar-refractivity contribution in [2.24, 2.45) is 0 Å². The first-order valence-electron chi connectivity index (χ1n) is 4.49. The third-order valence-electron chi connectivity index (χ3n) is 2.10. The highest BCUT2D eigenvalue weighted by Crippen LogP contribution is 2.14. The zero-order chi connectivity index (χ0) is 11.4. The molecule has 0 aliphatic heterocycles. The van der Waals surface area contributed by atoms with Crippen LogP contribution < -0.4 is 11.1 Å². The Hall–Kier alpha value is -2.03. The van der Waals surface area contributed by atoms with Gasteiger partial charge in [0.05, 0.1) is 23.1 Å². The Bertz CT molecular complexity index is 415. The average molecular weight is 207 g/mol. The lowest BCUT2D eigenvalue weighted by Gasteiger charge is -2.03. The minimum absolute atomic E-state index is 0.00755. The molecule has 0 saturated carbocycles. The van der Waals surface area contributed by atoms with Crippen molar-refractivity contribution in [1.29, 1.82) is 5.26 Å². The molecule has 1 aromatic rings. The van der Waals surface area contributed by atoms with E-state index in [2.05, 4.69) is 10.4 Å². The van der Waals surface area contributed by atoms with Gasteiger partial charge in [-0.2, -0.15) is 10.4 Å². The molecule has 3 N–H and O–H groups in total. The van der Waals surface area contributed by atoms with Crippen molar-refractivity contribution in [2.45, 2.75) is 20.4 Å². The van der Waals surface area contributed by atoms with Crippen LogP contribution in [0.5, 0.6) is 0 Å². The number of aromatic nitrogens is 2. The summed E-state index contributed by atoms with van der Waals surface area (Å²) < 4.78 is 1.53. The molecule has 0 aliphatic carbocycles. The van der Waals surface area contributed by atoms with Crippen LogP contribution in [0.3, 0.4) is 0 Å². The third-order valence-corrected chi connectivity index (χ3v) is 2.10. The summed E-state index contributed by atoms with van der Waals surface area (Å²) in [5.41, 5.74) is 7.78. The fraction of sp³-hybridized carbons (Fsp3) is 0.444. The van der Waals surface area contributed by atoms with Crippen molar-refractivity contribution in [3.8, 4) is 6.07 Å². The summed E-state index contributed by atoms with van der Waals surface area (Å²) in [6.07, 6.45) is 0. The Morgan fingerprint density at radius 1 is 1.67 bits per heavy atom. The first kappa shape index (κ1) is 11.0. The molecule has 0 aromatic carbocycles. The van der Waals surface area contributed by atoms with Gasteiger partial charge >= 0.3 is 0 Å². The fourth-order valence-electron chi connectivity index (χ4n) is 1.19. The number of nitriles is 1. The van der Waals surface area contributed by atoms with E-state index < -0.39 is 0 Å². The normalized spacial score (nSPS) is 9.67. The second kappa shape index (κ2) is 4.46. The number of hydrogen-bond acceptors (Lipinski definition) is 4. The number of nitrogen functional groups attached to an aromatic ring is 1. The minimum Gasteiger partial charge on any atom is -0.396 e. The highest BCUT2D eigenvalue weighted by molar-refractivity contribution is 5.76. The number of anilines is 1. The van der Waals surface area contributed by atoms with Crippen molar-refractivity contribution in [3.05, 3.63) is 11.4 Å². The largest absolute Gasteiger partial charge is 0.396 e. The Labute approximate surface area is 87.7 Å². The molecule has 6 heteroatoms. The Balaban J connectivity index is 2.69. The second-order valence-electron chi connectivity index (χ2n) is 3.18. The number of amides is 1. The van der Waals surface area contributed by atoms with Crippen LogP contribution in [0.25, 0.3) is 0 Å². The highest BCUT2D eigenvalue weighted by atomic mass is 16.2. The standard InChI is InChI=1S/C9H13N5O/c1-6-9(11)7(2)14(13-6)5-8(15)12-4-3-10/h4-5,11H2,1-2H3,(H,12,15). The molecule has 6 nitrogen and oxygen atoms in total. The van der Waals surface area contributed by atoms with E-state index in [9.17, 15) is 4.79 Å². The number of carbonyl (C=O) groups is 1. The van der Waals surface area contributed by atoms with Gasteiger partial charge in [0, 0.05) is 0 Å². The number of nitrogens with two attached hydrogens (primary N) is 1. The maximum absolute atomic E-state index is 11.3. The minimum atomic E-state index is -0.248. The molecule has 0 spiro atoms. The molecule has 1 amide bonds. The van der Waals surface area contributed by atoms with Gasteiger partial charge in [-0.25, -0.2) is 0 Å². The van der Waals surface area contributed by atoms with Crippen LogP contribution in [0.2, 0.25) is 0 Å². The summed E-state index contributed by atoms with van der Waals surface area (Å²) in [7, 11) is 0. The topological polar surface area (TPSA) is 96.7 Å². The summed E-state index contributed by atoms with van der Waals surface area (Å²) >= 11 is 0. The third kappa shape index (κ3) is 2.47. The van der Waals surface area contributed by atoms with Crippen LogP contribution in [0.15, 0.2) is 0 Å². The summed E-state index contributed by atoms with van der Waals surface area (Å²) in [6.45, 7) is 3.68. The quantitative estimate of drug-likeness (QED) is 0.666. The van der Waals surface area contributed by atoms with E-state index in [1.54, 1.807) is 13.8 Å². The molecule has 1 aromatic heterocycles. The molecule has 0 atom stereocenters. The molecule has 0 saturated heterocycles. The van der Waals surface area contributed by atoms with Crippen molar-refractivity contribution < 1.29 is 4.79 Å². The van der Waals surface area contributed by atoms with E-state index in [0.717, 1.165) is 5.69 Å². The number of hydrogen-bond donors (Lipinski definition) is 2. The molecule has 0 unspecified atom stereocenters. The first-order valence-corrected chi connectivity index (χ1v) is 4.49. The number of nitrogens with one attached hydrogen (secondary N) is 1. The van der Waals surface area contributed by atoms with Crippen molar-refractivity contribution in [3.63, 3.8) is 0 Å². The Morgan fingerprint density at radius 2 is 2.33 bits per heavy atom. The van der Waals surface area contributed by atoms with Crippen LogP contribution in [0.4, 0.5) is 5.69 Å². The lowest BCUT2D eigenvalue weighted by atomic mass is 10.3. The number of rotatable bonds is 3. The lowest BCUT2D eigenvalue weighted by molar-refractivity contribution is -0.121. The molecule has 1 heterocycles. The lowest BCUT2D eigenvalue weighted by Crippen LogP contribution is -2.28. The zero-order valence-electron chi connectivity index (χ0n) is 8.74. The summed E-state index contributed by atoms with van der Waals surface area (Å²) in [5, 5.41) is 14.8. The van der Waals surface area contributed by atoms with Crippen LogP contribution >= 0.6 is 0 Å². The number of aryl methyl sites for hydroxylation is 1. The number of carbonyl (C=O) groups excluding carboxylic acids is 1. The molecule has 0 aliphatic rings. The zero-order valence-corrected chi connectivity index (χ0v) is 8.74. The maximum Gasteiger partial charge on any atom is 0.242 e. The predicted octanol–water partition coefficient (Wildman–Crippen LogP) is -0.278. The van der Waals surface area contributed by atoms with E-state index in [-0.39, 0.29) is 19.0 Å². The van der Waals surface area contributed by atoms with Gasteiger partial charge in [-0.05, 0) is 13.8 Å². The molecular weight excluding hydrogens is 194 g/mol. The van der Waals surface area contributed by atoms with Gasteiger partial charge in [0.15, 0.2) is 0 Å². The highest BCUT2D eigenvalue weighted by Gasteiger charge is 2.10. The van der Waals surface area contributed by atoms with Crippen molar-refractivity contribution in [2.75, 3.05) is 12.3 Å². The second-order valence-corrected chi connectivity index (χ2v) is 3.18. The van der Waals surface area contributed by atoms with Gasteiger partial charge in [-0.3, -0.25) is 9.48 Å². The monoisotopic (exact) mass is 207 g/mol. The van der Waals surface area contributed by atoms with Crippen molar-refractivity contribution >= 4 is 11.6 Å². The van der Waals surface area contributed by atoms with Gasteiger partial charge in [-0.15, -0.1) is 0 Å². The Morgan fingerprint density at radius 3 is 2.80 bits per heavy atom. The van der Waals surface area contributed by atoms with Gasteiger partial charge in [0.1, 0.15) is 13.1 Å². The first-order chi connectivity index (χ1) is 7.06. The van der Waals surface area contributed by atoms with E-state index in [1.807, 2.05) is 6.07 Å². The van der Waals surface area contributed by atoms with Crippen LogP contribution in [-0.2, 0) is 11.3 Å². The predicted molar refractivity (Wildman–Crippen MR) is 54.7 cm³/mol. The van der Waals surface area contributed by atoms with E-state index in [4.69, 9.17) is 11.0 Å². The van der Waals surface area contributed by atoms with Gasteiger partial charge < -0.3 is 11.1 Å². The Kier molecular flexibility index (Phi) is 3.29. The van der Waals surface area contributed by atoms with E-state index in [1.165, 1.54) is 4.68 Å². The molecule has 80 valence electrons. The maximum atomic E-state index is 11.3. The fourth-order valence-corrected chi connectivity index (χ4v) is 1.19. The SMILES string of the molecule is Cc1nn(CC(=O)NCC#N)c(C)c1N. The van der Waals surface area contributed by atoms with Crippen LogP contribution in [-0.4, -0.2) is 22.2 Å². The van der Waals surface area contributed by atoms with Gasteiger partial charge in [0.2, 0.25) is 5.91 Å². The van der Waals surface area contributed by atoms with E-state index in [0.29, 0.717) is 11.4 Å². The van der Waals surface area contributed by atoms with Crippen LogP contribution in [0, 0.1) is 25.2 Å².